The monoisotopic (exact) mass is 228 g/mol. The molecule has 3 rings (SSSR count). The molecular weight excluding hydrogens is 212 g/mol. The van der Waals surface area contributed by atoms with Crippen molar-refractivity contribution in [2.75, 3.05) is 18.0 Å². The number of benzene rings is 1. The number of fused-ring (bicyclic) bond motifs is 1. The van der Waals surface area contributed by atoms with E-state index < -0.39 is 0 Å². The van der Waals surface area contributed by atoms with Gasteiger partial charge in [-0.2, -0.15) is 0 Å². The third-order valence-corrected chi connectivity index (χ3v) is 3.49. The fourth-order valence-electron chi connectivity index (χ4n) is 2.41. The summed E-state index contributed by atoms with van der Waals surface area (Å²) in [7, 11) is 0. The van der Waals surface area contributed by atoms with E-state index in [1.54, 1.807) is 6.33 Å². The molecule has 2 unspecified atom stereocenters. The van der Waals surface area contributed by atoms with Crippen molar-refractivity contribution < 1.29 is 0 Å². The van der Waals surface area contributed by atoms with Gasteiger partial charge in [0.15, 0.2) is 0 Å². The van der Waals surface area contributed by atoms with Crippen molar-refractivity contribution in [1.29, 1.82) is 0 Å². The van der Waals surface area contributed by atoms with Crippen molar-refractivity contribution in [2.24, 2.45) is 11.7 Å². The van der Waals surface area contributed by atoms with Crippen molar-refractivity contribution in [1.82, 2.24) is 9.97 Å². The summed E-state index contributed by atoms with van der Waals surface area (Å²) in [5.41, 5.74) is 7.06. The van der Waals surface area contributed by atoms with Crippen LogP contribution in [0.5, 0.6) is 0 Å². The second kappa shape index (κ2) is 3.96. The number of hydrogen-bond acceptors (Lipinski definition) is 4. The van der Waals surface area contributed by atoms with Gasteiger partial charge in [-0.05, 0) is 18.1 Å². The fourth-order valence-corrected chi connectivity index (χ4v) is 2.41. The molecule has 0 aliphatic carbocycles. The van der Waals surface area contributed by atoms with Crippen molar-refractivity contribution in [3.05, 3.63) is 30.6 Å². The molecule has 2 atom stereocenters. The number of nitrogens with zero attached hydrogens (tertiary/aromatic N) is 3. The second-order valence-corrected chi connectivity index (χ2v) is 4.76. The highest BCUT2D eigenvalue weighted by molar-refractivity contribution is 5.89. The molecule has 1 aliphatic rings. The number of nitrogens with two attached hydrogens (primary N) is 1. The van der Waals surface area contributed by atoms with E-state index in [-0.39, 0.29) is 6.04 Å². The maximum Gasteiger partial charge on any atom is 0.139 e. The van der Waals surface area contributed by atoms with Gasteiger partial charge in [-0.25, -0.2) is 9.97 Å². The van der Waals surface area contributed by atoms with Gasteiger partial charge in [0, 0.05) is 24.5 Å². The van der Waals surface area contributed by atoms with Crippen LogP contribution in [0.15, 0.2) is 30.6 Å². The normalized spacial score (nSPS) is 24.5. The Kier molecular flexibility index (Phi) is 2.44. The van der Waals surface area contributed by atoms with Gasteiger partial charge in [0.1, 0.15) is 12.1 Å². The predicted molar refractivity (Wildman–Crippen MR) is 68.9 cm³/mol. The Labute approximate surface area is 100 Å². The van der Waals surface area contributed by atoms with E-state index in [0.717, 1.165) is 29.8 Å². The summed E-state index contributed by atoms with van der Waals surface area (Å²) < 4.78 is 0. The number of rotatable bonds is 1. The fraction of sp³-hybridized carbons (Fsp3) is 0.385. The molecule has 1 aromatic heterocycles. The maximum atomic E-state index is 6.06. The van der Waals surface area contributed by atoms with Crippen molar-refractivity contribution in [3.8, 4) is 0 Å². The van der Waals surface area contributed by atoms with E-state index in [9.17, 15) is 0 Å². The summed E-state index contributed by atoms with van der Waals surface area (Å²) in [6, 6.07) is 8.34. The lowest BCUT2D eigenvalue weighted by Gasteiger charge is -2.18. The molecule has 0 spiro atoms. The third kappa shape index (κ3) is 1.74. The minimum atomic E-state index is 0.240. The molecule has 0 saturated carbocycles. The molecule has 2 N–H and O–H groups in total. The predicted octanol–water partition coefficient (Wildman–Crippen LogP) is 1.41. The summed E-state index contributed by atoms with van der Waals surface area (Å²) in [6.07, 6.45) is 1.63. The third-order valence-electron chi connectivity index (χ3n) is 3.49. The average molecular weight is 228 g/mol. The summed E-state index contributed by atoms with van der Waals surface area (Å²) >= 11 is 0. The average Bonchev–Trinajstić information content (AvgIpc) is 2.69. The smallest absolute Gasteiger partial charge is 0.139 e. The lowest BCUT2D eigenvalue weighted by molar-refractivity contribution is 0.566. The Hall–Kier alpha value is -1.68. The first-order valence-corrected chi connectivity index (χ1v) is 5.96. The van der Waals surface area contributed by atoms with Crippen LogP contribution in [0, 0.1) is 5.92 Å². The lowest BCUT2D eigenvalue weighted by Crippen LogP contribution is -2.28. The highest BCUT2D eigenvalue weighted by atomic mass is 15.2. The molecule has 1 fully saturated rings. The van der Waals surface area contributed by atoms with E-state index in [1.807, 2.05) is 18.2 Å². The minimum absolute atomic E-state index is 0.240. The summed E-state index contributed by atoms with van der Waals surface area (Å²) in [5, 5.41) is 1.11. The Bertz CT molecular complexity index is 524. The van der Waals surface area contributed by atoms with Gasteiger partial charge in [-0.3, -0.25) is 0 Å². The largest absolute Gasteiger partial charge is 0.354 e. The molecule has 2 aromatic rings. The van der Waals surface area contributed by atoms with Gasteiger partial charge < -0.3 is 10.6 Å². The van der Waals surface area contributed by atoms with Crippen LogP contribution >= 0.6 is 0 Å². The molecule has 4 nitrogen and oxygen atoms in total. The minimum Gasteiger partial charge on any atom is -0.354 e. The first-order chi connectivity index (χ1) is 8.25. The SMILES string of the molecule is CC1CN(c2ncnc3ccccc23)CC1N. The number of aromatic nitrogens is 2. The highest BCUT2D eigenvalue weighted by Crippen LogP contribution is 2.27. The molecule has 0 amide bonds. The summed E-state index contributed by atoms with van der Waals surface area (Å²) in [4.78, 5) is 11.0. The zero-order valence-corrected chi connectivity index (χ0v) is 9.87. The van der Waals surface area contributed by atoms with E-state index in [1.165, 1.54) is 0 Å². The van der Waals surface area contributed by atoms with Crippen LogP contribution in [0.2, 0.25) is 0 Å². The van der Waals surface area contributed by atoms with Crippen LogP contribution in [-0.2, 0) is 0 Å². The Balaban J connectivity index is 2.06. The van der Waals surface area contributed by atoms with Gasteiger partial charge in [0.05, 0.1) is 5.52 Å². The second-order valence-electron chi connectivity index (χ2n) is 4.76. The van der Waals surface area contributed by atoms with E-state index >= 15 is 0 Å². The molecule has 17 heavy (non-hydrogen) atoms. The van der Waals surface area contributed by atoms with Gasteiger partial charge in [0.2, 0.25) is 0 Å². The molecule has 0 bridgehead atoms. The molecule has 88 valence electrons. The molecular formula is C13H16N4. The van der Waals surface area contributed by atoms with E-state index in [4.69, 9.17) is 5.73 Å². The summed E-state index contributed by atoms with van der Waals surface area (Å²) in [6.45, 7) is 4.04. The van der Waals surface area contributed by atoms with Crippen molar-refractivity contribution in [3.63, 3.8) is 0 Å². The molecule has 1 saturated heterocycles. The number of hydrogen-bond donors (Lipinski definition) is 1. The Morgan fingerprint density at radius 2 is 2.06 bits per heavy atom. The first kappa shape index (κ1) is 10.5. The quantitative estimate of drug-likeness (QED) is 0.802. The maximum absolute atomic E-state index is 6.06. The first-order valence-electron chi connectivity index (χ1n) is 5.96. The van der Waals surface area contributed by atoms with Crippen LogP contribution in [0.3, 0.4) is 0 Å². The van der Waals surface area contributed by atoms with E-state index in [0.29, 0.717) is 5.92 Å². The molecule has 1 aliphatic heterocycles. The Morgan fingerprint density at radius 1 is 1.24 bits per heavy atom. The molecule has 1 aromatic carbocycles. The highest BCUT2D eigenvalue weighted by Gasteiger charge is 2.28. The van der Waals surface area contributed by atoms with Crippen LogP contribution < -0.4 is 10.6 Å². The van der Waals surface area contributed by atoms with Crippen molar-refractivity contribution in [2.45, 2.75) is 13.0 Å². The topological polar surface area (TPSA) is 55.0 Å². The zero-order valence-electron chi connectivity index (χ0n) is 9.87. The van der Waals surface area contributed by atoms with E-state index in [2.05, 4.69) is 27.9 Å². The van der Waals surface area contributed by atoms with Crippen LogP contribution in [0.25, 0.3) is 10.9 Å². The molecule has 4 heteroatoms. The Morgan fingerprint density at radius 3 is 2.82 bits per heavy atom. The van der Waals surface area contributed by atoms with Crippen molar-refractivity contribution >= 4 is 16.7 Å². The number of anilines is 1. The standard InChI is InChI=1S/C13H16N4/c1-9-6-17(7-11(9)14)13-10-4-2-3-5-12(10)15-8-16-13/h2-5,8-9,11H,6-7,14H2,1H3. The summed E-state index contributed by atoms with van der Waals surface area (Å²) in [5.74, 6) is 1.53. The van der Waals surface area contributed by atoms with Gasteiger partial charge in [-0.1, -0.05) is 19.1 Å². The molecule has 2 heterocycles. The van der Waals surface area contributed by atoms with Crippen LogP contribution in [-0.4, -0.2) is 29.1 Å². The lowest BCUT2D eigenvalue weighted by atomic mass is 10.1. The van der Waals surface area contributed by atoms with Gasteiger partial charge in [0.25, 0.3) is 0 Å². The van der Waals surface area contributed by atoms with Crippen LogP contribution in [0.4, 0.5) is 5.82 Å². The molecule has 0 radical (unpaired) electrons. The zero-order chi connectivity index (χ0) is 11.8. The van der Waals surface area contributed by atoms with Gasteiger partial charge >= 0.3 is 0 Å². The van der Waals surface area contributed by atoms with Crippen LogP contribution in [0.1, 0.15) is 6.92 Å². The van der Waals surface area contributed by atoms with Gasteiger partial charge in [-0.15, -0.1) is 0 Å². The number of para-hydroxylation sites is 1.